The second-order valence-electron chi connectivity index (χ2n) is 7.99. The van der Waals surface area contributed by atoms with E-state index in [0.717, 1.165) is 29.7 Å². The highest BCUT2D eigenvalue weighted by atomic mass is 19.4. The van der Waals surface area contributed by atoms with Crippen LogP contribution in [0.25, 0.3) is 33.4 Å². The van der Waals surface area contributed by atoms with Crippen LogP contribution < -0.4 is 10.1 Å². The maximum atomic E-state index is 10.6. The average Bonchev–Trinajstić information content (AvgIpc) is 3.18. The van der Waals surface area contributed by atoms with Crippen molar-refractivity contribution in [3.8, 4) is 34.1 Å². The lowest BCUT2D eigenvalue weighted by Crippen LogP contribution is -2.40. The van der Waals surface area contributed by atoms with Gasteiger partial charge in [0.05, 0.1) is 24.2 Å². The smallest absolute Gasteiger partial charge is 0.490 e. The minimum Gasteiger partial charge on any atom is -0.507 e. The maximum absolute atomic E-state index is 10.6. The summed E-state index contributed by atoms with van der Waals surface area (Å²) in [6.07, 6.45) is -3.17. The summed E-state index contributed by atoms with van der Waals surface area (Å²) in [6, 6.07) is 11.2. The number of methoxy groups -OCH3 is 1. The molecule has 0 radical (unpaired) electrons. The third-order valence-electron chi connectivity index (χ3n) is 5.46. The number of benzene rings is 1. The number of phenolic OH excluding ortho intramolecular Hbond substituents is 1. The molecule has 4 heterocycles. The highest BCUT2D eigenvalue weighted by molar-refractivity contribution is 5.87. The number of phenols is 1. The molecular formula is C23H21F3N6O4. The number of aliphatic carboxylic acids is 1. The second kappa shape index (κ2) is 9.77. The van der Waals surface area contributed by atoms with Crippen LogP contribution in [0.2, 0.25) is 0 Å². The SMILES string of the molecule is COc1nc(-c2ccc(-c3ccc(C4CNC4)nn3)c(O)c2)cc2cn(C)nc12.O=C(O)C(F)(F)F. The number of pyridine rings is 1. The molecule has 3 aromatic heterocycles. The van der Waals surface area contributed by atoms with Gasteiger partial charge in [0.25, 0.3) is 0 Å². The van der Waals surface area contributed by atoms with Gasteiger partial charge in [-0.2, -0.15) is 28.5 Å². The lowest BCUT2D eigenvalue weighted by molar-refractivity contribution is -0.192. The van der Waals surface area contributed by atoms with Gasteiger partial charge in [0.15, 0.2) is 5.52 Å². The predicted molar refractivity (Wildman–Crippen MR) is 122 cm³/mol. The van der Waals surface area contributed by atoms with E-state index < -0.39 is 12.1 Å². The van der Waals surface area contributed by atoms with E-state index in [1.54, 1.807) is 17.9 Å². The number of carboxylic acids is 1. The fourth-order valence-corrected chi connectivity index (χ4v) is 3.52. The third-order valence-corrected chi connectivity index (χ3v) is 5.46. The van der Waals surface area contributed by atoms with Crippen molar-refractivity contribution < 1.29 is 32.9 Å². The van der Waals surface area contributed by atoms with Gasteiger partial charge in [-0.05, 0) is 30.3 Å². The Morgan fingerprint density at radius 1 is 1.14 bits per heavy atom. The predicted octanol–water partition coefficient (Wildman–Crippen LogP) is 3.13. The Morgan fingerprint density at radius 3 is 2.39 bits per heavy atom. The molecule has 0 spiro atoms. The van der Waals surface area contributed by atoms with Crippen molar-refractivity contribution in [2.24, 2.45) is 7.05 Å². The van der Waals surface area contributed by atoms with Gasteiger partial charge in [0.2, 0.25) is 5.88 Å². The first-order valence-corrected chi connectivity index (χ1v) is 10.6. The van der Waals surface area contributed by atoms with Crippen molar-refractivity contribution in [1.82, 2.24) is 30.3 Å². The number of ether oxygens (including phenoxy) is 1. The Morgan fingerprint density at radius 2 is 1.86 bits per heavy atom. The second-order valence-corrected chi connectivity index (χ2v) is 7.99. The molecule has 0 atom stereocenters. The number of nitrogens with zero attached hydrogens (tertiary/aromatic N) is 5. The fourth-order valence-electron chi connectivity index (χ4n) is 3.52. The lowest BCUT2D eigenvalue weighted by atomic mass is 9.98. The topological polar surface area (TPSA) is 135 Å². The Kier molecular flexibility index (Phi) is 6.75. The number of hydrogen-bond acceptors (Lipinski definition) is 8. The van der Waals surface area contributed by atoms with Crippen LogP contribution in [-0.2, 0) is 11.8 Å². The zero-order chi connectivity index (χ0) is 26.0. The number of aryl methyl sites for hydroxylation is 1. The van der Waals surface area contributed by atoms with Crippen LogP contribution in [0.3, 0.4) is 0 Å². The number of aromatic hydroxyl groups is 1. The van der Waals surface area contributed by atoms with Gasteiger partial charge in [0.1, 0.15) is 5.75 Å². The largest absolute Gasteiger partial charge is 0.507 e. The molecule has 13 heteroatoms. The molecule has 3 N–H and O–H groups in total. The lowest BCUT2D eigenvalue weighted by Gasteiger charge is -2.25. The van der Waals surface area contributed by atoms with Gasteiger partial charge in [0, 0.05) is 48.8 Å². The fraction of sp³-hybridized carbons (Fsp3) is 0.261. The van der Waals surface area contributed by atoms with Gasteiger partial charge in [-0.1, -0.05) is 6.07 Å². The molecule has 1 saturated heterocycles. The van der Waals surface area contributed by atoms with Gasteiger partial charge in [-0.15, -0.1) is 0 Å². The molecule has 0 aliphatic carbocycles. The molecule has 1 aliphatic heterocycles. The standard InChI is InChI=1S/C21H20N6O2.C2HF3O2/c1-27-11-13-7-18(23-21(29-2)20(13)26-27)12-3-4-15(19(28)8-12)17-6-5-16(24-25-17)14-9-22-10-14;3-2(4,5)1(6)7/h3-8,11,14,22,28H,9-10H2,1-2H3;(H,6,7). The van der Waals surface area contributed by atoms with Crippen molar-refractivity contribution in [2.45, 2.75) is 12.1 Å². The molecule has 10 nitrogen and oxygen atoms in total. The molecule has 1 fully saturated rings. The summed E-state index contributed by atoms with van der Waals surface area (Å²) in [5.74, 6) is -1.75. The van der Waals surface area contributed by atoms with E-state index in [4.69, 9.17) is 14.6 Å². The quantitative estimate of drug-likeness (QED) is 0.385. The zero-order valence-corrected chi connectivity index (χ0v) is 19.1. The Balaban J connectivity index is 0.000000384. The van der Waals surface area contributed by atoms with Gasteiger partial charge >= 0.3 is 12.1 Å². The van der Waals surface area contributed by atoms with Gasteiger partial charge in [-0.25, -0.2) is 9.78 Å². The van der Waals surface area contributed by atoms with Gasteiger partial charge in [-0.3, -0.25) is 4.68 Å². The van der Waals surface area contributed by atoms with Crippen molar-refractivity contribution in [1.29, 1.82) is 0 Å². The molecule has 5 rings (SSSR count). The first-order chi connectivity index (χ1) is 17.1. The van der Waals surface area contributed by atoms with Crippen LogP contribution in [0.1, 0.15) is 11.6 Å². The van der Waals surface area contributed by atoms with E-state index in [0.29, 0.717) is 34.3 Å². The first-order valence-electron chi connectivity index (χ1n) is 10.6. The summed E-state index contributed by atoms with van der Waals surface area (Å²) in [7, 11) is 3.43. The van der Waals surface area contributed by atoms with Crippen LogP contribution in [0.15, 0.2) is 42.6 Å². The minimum atomic E-state index is -5.08. The van der Waals surface area contributed by atoms with Crippen molar-refractivity contribution >= 4 is 16.9 Å². The Hall–Kier alpha value is -4.26. The minimum absolute atomic E-state index is 0.127. The summed E-state index contributed by atoms with van der Waals surface area (Å²) < 4.78 is 38.9. The molecule has 0 unspecified atom stereocenters. The number of aromatic nitrogens is 5. The van der Waals surface area contributed by atoms with Crippen LogP contribution in [0, 0.1) is 0 Å². The molecule has 0 bridgehead atoms. The Bertz CT molecular complexity index is 1400. The van der Waals surface area contributed by atoms with Crippen molar-refractivity contribution in [3.05, 3.63) is 48.3 Å². The molecular weight excluding hydrogens is 481 g/mol. The highest BCUT2D eigenvalue weighted by Crippen LogP contribution is 2.34. The maximum Gasteiger partial charge on any atom is 0.490 e. The van der Waals surface area contributed by atoms with Gasteiger partial charge < -0.3 is 20.3 Å². The molecule has 36 heavy (non-hydrogen) atoms. The van der Waals surface area contributed by atoms with E-state index in [1.807, 2.05) is 43.6 Å². The third kappa shape index (κ3) is 5.20. The van der Waals surface area contributed by atoms with Crippen LogP contribution >= 0.6 is 0 Å². The number of halogens is 3. The first kappa shape index (κ1) is 24.9. The number of fused-ring (bicyclic) bond motifs is 1. The van der Waals surface area contributed by atoms with E-state index in [2.05, 4.69) is 25.6 Å². The zero-order valence-electron chi connectivity index (χ0n) is 19.1. The molecule has 1 aliphatic rings. The van der Waals surface area contributed by atoms with Crippen molar-refractivity contribution in [3.63, 3.8) is 0 Å². The monoisotopic (exact) mass is 502 g/mol. The molecule has 0 amide bonds. The molecule has 188 valence electrons. The number of carbonyl (C=O) groups is 1. The van der Waals surface area contributed by atoms with Crippen LogP contribution in [0.5, 0.6) is 11.6 Å². The van der Waals surface area contributed by atoms with E-state index >= 15 is 0 Å². The van der Waals surface area contributed by atoms with Crippen LogP contribution in [-0.4, -0.2) is 67.5 Å². The molecule has 1 aromatic carbocycles. The Labute approximate surface area is 202 Å². The number of carboxylic acid groups (broad SMARTS) is 1. The summed E-state index contributed by atoms with van der Waals surface area (Å²) in [6.45, 7) is 1.87. The summed E-state index contributed by atoms with van der Waals surface area (Å²) >= 11 is 0. The number of rotatable bonds is 4. The number of nitrogens with one attached hydrogen (secondary N) is 1. The highest BCUT2D eigenvalue weighted by Gasteiger charge is 2.38. The van der Waals surface area contributed by atoms with E-state index in [-0.39, 0.29) is 5.75 Å². The summed E-state index contributed by atoms with van der Waals surface area (Å²) in [5.41, 5.74) is 4.43. The summed E-state index contributed by atoms with van der Waals surface area (Å²) in [5, 5.41) is 34.9. The van der Waals surface area contributed by atoms with E-state index in [9.17, 15) is 18.3 Å². The summed E-state index contributed by atoms with van der Waals surface area (Å²) in [4.78, 5) is 13.4. The average molecular weight is 502 g/mol. The van der Waals surface area contributed by atoms with Crippen LogP contribution in [0.4, 0.5) is 13.2 Å². The number of hydrogen-bond donors (Lipinski definition) is 3. The number of alkyl halides is 3. The van der Waals surface area contributed by atoms with E-state index in [1.165, 1.54) is 0 Å². The molecule has 0 saturated carbocycles. The normalized spacial score (nSPS) is 13.6. The van der Waals surface area contributed by atoms with Crippen molar-refractivity contribution in [2.75, 3.05) is 20.2 Å². The molecule has 4 aromatic rings.